The van der Waals surface area contributed by atoms with Crippen LogP contribution < -0.4 is 5.32 Å². The normalized spacial score (nSPS) is 10.1. The van der Waals surface area contributed by atoms with Crippen LogP contribution in [-0.4, -0.2) is 24.5 Å². The predicted molar refractivity (Wildman–Crippen MR) is 66.6 cm³/mol. The molecule has 94 valence electrons. The lowest BCUT2D eigenvalue weighted by Gasteiger charge is -2.17. The average molecular weight is 259 g/mol. The number of rotatable bonds is 4. The van der Waals surface area contributed by atoms with Gasteiger partial charge < -0.3 is 10.2 Å². The summed E-state index contributed by atoms with van der Waals surface area (Å²) in [5, 5.41) is 2.75. The lowest BCUT2D eigenvalue weighted by molar-refractivity contribution is 0.208. The second-order valence-corrected chi connectivity index (χ2v) is 4.17. The summed E-state index contributed by atoms with van der Waals surface area (Å²) in [5.74, 6) is -0.472. The lowest BCUT2D eigenvalue weighted by atomic mass is 10.2. The van der Waals surface area contributed by atoms with Crippen LogP contribution >= 0.6 is 11.6 Å². The molecule has 0 radical (unpaired) electrons. The highest BCUT2D eigenvalue weighted by Crippen LogP contribution is 2.19. The fraction of sp³-hybridized carbons (Fsp3) is 0.417. The topological polar surface area (TPSA) is 32.3 Å². The Morgan fingerprint density at radius 3 is 2.88 bits per heavy atom. The van der Waals surface area contributed by atoms with Crippen molar-refractivity contribution in [1.29, 1.82) is 0 Å². The molecular formula is C12H16ClFN2O. The number of urea groups is 1. The summed E-state index contributed by atoms with van der Waals surface area (Å²) in [6, 6.07) is 4.35. The molecule has 3 nitrogen and oxygen atoms in total. The monoisotopic (exact) mass is 258 g/mol. The number of amides is 2. The Bertz CT molecular complexity index is 398. The summed E-state index contributed by atoms with van der Waals surface area (Å²) in [5.41, 5.74) is 0.574. The molecule has 0 unspecified atom stereocenters. The number of hydrogen-bond donors (Lipinski definition) is 1. The van der Waals surface area contributed by atoms with Gasteiger partial charge in [-0.2, -0.15) is 0 Å². The molecule has 2 amide bonds. The molecule has 0 fully saturated rings. The third-order valence-electron chi connectivity index (χ3n) is 2.37. The van der Waals surface area contributed by atoms with Crippen LogP contribution in [-0.2, 0) is 6.54 Å². The van der Waals surface area contributed by atoms with Gasteiger partial charge in [0, 0.05) is 20.1 Å². The first-order chi connectivity index (χ1) is 8.06. The Balaban J connectivity index is 2.56. The minimum absolute atomic E-state index is 0.0611. The summed E-state index contributed by atoms with van der Waals surface area (Å²) >= 11 is 5.78. The molecule has 0 aliphatic heterocycles. The molecule has 0 heterocycles. The van der Waals surface area contributed by atoms with E-state index in [1.54, 1.807) is 24.1 Å². The molecule has 0 aliphatic carbocycles. The van der Waals surface area contributed by atoms with E-state index in [0.717, 1.165) is 6.42 Å². The summed E-state index contributed by atoms with van der Waals surface area (Å²) < 4.78 is 13.1. The molecule has 0 spiro atoms. The quantitative estimate of drug-likeness (QED) is 0.885. The molecule has 0 atom stereocenters. The molecule has 1 rings (SSSR count). The zero-order chi connectivity index (χ0) is 12.8. The second-order valence-electron chi connectivity index (χ2n) is 3.79. The number of carbonyl (C=O) groups excluding carboxylic acids is 1. The maximum Gasteiger partial charge on any atom is 0.317 e. The molecule has 17 heavy (non-hydrogen) atoms. The van der Waals surface area contributed by atoms with Gasteiger partial charge in [-0.25, -0.2) is 9.18 Å². The lowest BCUT2D eigenvalue weighted by Crippen LogP contribution is -2.37. The molecule has 0 saturated heterocycles. The van der Waals surface area contributed by atoms with Crippen LogP contribution in [0.2, 0.25) is 5.02 Å². The van der Waals surface area contributed by atoms with Gasteiger partial charge in [-0.15, -0.1) is 0 Å². The van der Waals surface area contributed by atoms with Crippen LogP contribution in [0.4, 0.5) is 9.18 Å². The van der Waals surface area contributed by atoms with E-state index in [1.807, 2.05) is 6.92 Å². The van der Waals surface area contributed by atoms with Crippen molar-refractivity contribution in [2.45, 2.75) is 19.9 Å². The first kappa shape index (κ1) is 13.8. The molecule has 1 N–H and O–H groups in total. The van der Waals surface area contributed by atoms with Gasteiger partial charge in [0.25, 0.3) is 0 Å². The first-order valence-corrected chi connectivity index (χ1v) is 5.86. The number of benzene rings is 1. The summed E-state index contributed by atoms with van der Waals surface area (Å²) in [6.07, 6.45) is 0.893. The molecule has 1 aromatic carbocycles. The van der Waals surface area contributed by atoms with Crippen molar-refractivity contribution in [3.63, 3.8) is 0 Å². The summed E-state index contributed by atoms with van der Waals surface area (Å²) in [7, 11) is 1.71. The maximum atomic E-state index is 13.1. The van der Waals surface area contributed by atoms with Gasteiger partial charge in [0.1, 0.15) is 5.82 Å². The average Bonchev–Trinajstić information content (AvgIpc) is 2.31. The number of nitrogens with zero attached hydrogens (tertiary/aromatic N) is 1. The molecule has 0 saturated carbocycles. The van der Waals surface area contributed by atoms with Crippen LogP contribution in [0.3, 0.4) is 0 Å². The number of halogens is 2. The van der Waals surface area contributed by atoms with E-state index in [4.69, 9.17) is 11.6 Å². The summed E-state index contributed by atoms with van der Waals surface area (Å²) in [4.78, 5) is 13.2. The zero-order valence-corrected chi connectivity index (χ0v) is 10.7. The van der Waals surface area contributed by atoms with Crippen molar-refractivity contribution in [1.82, 2.24) is 10.2 Å². The van der Waals surface area contributed by atoms with Gasteiger partial charge in [0.05, 0.1) is 5.02 Å². The minimum atomic E-state index is -0.472. The van der Waals surface area contributed by atoms with Crippen LogP contribution in [0.1, 0.15) is 18.9 Å². The molecule has 5 heteroatoms. The zero-order valence-electron chi connectivity index (χ0n) is 9.96. The molecule has 0 aliphatic rings. The SMILES string of the molecule is CCCN(C)C(=O)NCc1cccc(F)c1Cl. The van der Waals surface area contributed by atoms with Crippen LogP contribution in [0.15, 0.2) is 18.2 Å². The van der Waals surface area contributed by atoms with Crippen LogP contribution in [0.25, 0.3) is 0 Å². The van der Waals surface area contributed by atoms with Gasteiger partial charge in [-0.3, -0.25) is 0 Å². The Labute approximate surface area is 106 Å². The van der Waals surface area contributed by atoms with Crippen molar-refractivity contribution in [3.8, 4) is 0 Å². The highest BCUT2D eigenvalue weighted by atomic mass is 35.5. The van der Waals surface area contributed by atoms with Gasteiger partial charge in [-0.1, -0.05) is 30.7 Å². The van der Waals surface area contributed by atoms with E-state index in [2.05, 4.69) is 5.32 Å². The number of nitrogens with one attached hydrogen (secondary N) is 1. The predicted octanol–water partition coefficient (Wildman–Crippen LogP) is 3.03. The van der Waals surface area contributed by atoms with E-state index < -0.39 is 5.82 Å². The van der Waals surface area contributed by atoms with E-state index in [1.165, 1.54) is 6.07 Å². The minimum Gasteiger partial charge on any atom is -0.334 e. The van der Waals surface area contributed by atoms with Crippen molar-refractivity contribution >= 4 is 17.6 Å². The van der Waals surface area contributed by atoms with Gasteiger partial charge in [0.2, 0.25) is 0 Å². The van der Waals surface area contributed by atoms with Gasteiger partial charge in [0.15, 0.2) is 0 Å². The molecule has 0 bridgehead atoms. The maximum absolute atomic E-state index is 13.1. The second kappa shape index (κ2) is 6.45. The van der Waals surface area contributed by atoms with Crippen molar-refractivity contribution in [2.24, 2.45) is 0 Å². The first-order valence-electron chi connectivity index (χ1n) is 5.48. The van der Waals surface area contributed by atoms with Crippen molar-refractivity contribution in [2.75, 3.05) is 13.6 Å². The fourth-order valence-corrected chi connectivity index (χ4v) is 1.62. The van der Waals surface area contributed by atoms with E-state index in [-0.39, 0.29) is 17.6 Å². The third-order valence-corrected chi connectivity index (χ3v) is 2.79. The Morgan fingerprint density at radius 2 is 2.24 bits per heavy atom. The Hall–Kier alpha value is -1.29. The van der Waals surface area contributed by atoms with Crippen LogP contribution in [0, 0.1) is 5.82 Å². The van der Waals surface area contributed by atoms with E-state index in [0.29, 0.717) is 12.1 Å². The molecule has 0 aromatic heterocycles. The summed E-state index contributed by atoms with van der Waals surface area (Å²) in [6.45, 7) is 2.90. The van der Waals surface area contributed by atoms with E-state index >= 15 is 0 Å². The highest BCUT2D eigenvalue weighted by Gasteiger charge is 2.09. The van der Waals surface area contributed by atoms with Gasteiger partial charge >= 0.3 is 6.03 Å². The number of carbonyl (C=O) groups is 1. The Morgan fingerprint density at radius 1 is 1.53 bits per heavy atom. The molecular weight excluding hydrogens is 243 g/mol. The fourth-order valence-electron chi connectivity index (χ4n) is 1.43. The van der Waals surface area contributed by atoms with Crippen molar-refractivity contribution in [3.05, 3.63) is 34.6 Å². The number of hydrogen-bond acceptors (Lipinski definition) is 1. The largest absolute Gasteiger partial charge is 0.334 e. The molecule has 1 aromatic rings. The van der Waals surface area contributed by atoms with E-state index in [9.17, 15) is 9.18 Å². The van der Waals surface area contributed by atoms with Crippen molar-refractivity contribution < 1.29 is 9.18 Å². The smallest absolute Gasteiger partial charge is 0.317 e. The standard InChI is InChI=1S/C12H16ClFN2O/c1-3-7-16(2)12(17)15-8-9-5-4-6-10(14)11(9)13/h4-6H,3,7-8H2,1-2H3,(H,15,17). The highest BCUT2D eigenvalue weighted by molar-refractivity contribution is 6.31. The Kier molecular flexibility index (Phi) is 5.22. The third kappa shape index (κ3) is 3.89. The van der Waals surface area contributed by atoms with Gasteiger partial charge in [-0.05, 0) is 18.1 Å². The van der Waals surface area contributed by atoms with Crippen LogP contribution in [0.5, 0.6) is 0 Å².